The molecule has 31 heavy (non-hydrogen) atoms. The summed E-state index contributed by atoms with van der Waals surface area (Å²) in [5, 5.41) is 0.280. The molecule has 1 nitrogen and oxygen atoms in total. The third-order valence-electron chi connectivity index (χ3n) is 6.76. The van der Waals surface area contributed by atoms with Crippen LogP contribution in [0.4, 0.5) is 0 Å². The molecule has 176 valence electrons. The SMILES string of the molecule is CC(=C\CO[Si](C)(C)C(C)(C)C)/C=C(\C)CCCCCCCCCCc1ccccc1. The highest BCUT2D eigenvalue weighted by Gasteiger charge is 2.36. The maximum atomic E-state index is 6.26. The Morgan fingerprint density at radius 2 is 1.39 bits per heavy atom. The zero-order valence-corrected chi connectivity index (χ0v) is 22.7. The average Bonchev–Trinajstić information content (AvgIpc) is 2.69. The van der Waals surface area contributed by atoms with Gasteiger partial charge in [0.1, 0.15) is 0 Å². The predicted octanol–water partition coefficient (Wildman–Crippen LogP) is 9.65. The number of aryl methyl sites for hydroxylation is 1. The molecule has 0 atom stereocenters. The lowest BCUT2D eigenvalue weighted by Crippen LogP contribution is -2.40. The Morgan fingerprint density at radius 1 is 0.839 bits per heavy atom. The van der Waals surface area contributed by atoms with Crippen LogP contribution in [0, 0.1) is 0 Å². The molecule has 0 radical (unpaired) electrons. The van der Waals surface area contributed by atoms with Crippen LogP contribution in [0.1, 0.15) is 98.0 Å². The molecule has 0 amide bonds. The van der Waals surface area contributed by atoms with E-state index in [1.165, 1.54) is 80.9 Å². The van der Waals surface area contributed by atoms with Crippen LogP contribution >= 0.6 is 0 Å². The summed E-state index contributed by atoms with van der Waals surface area (Å²) in [4.78, 5) is 0. The molecule has 2 heteroatoms. The van der Waals surface area contributed by atoms with Crippen LogP contribution in [0.15, 0.2) is 53.6 Å². The summed E-state index contributed by atoms with van der Waals surface area (Å²) in [6.45, 7) is 16.8. The first-order valence-corrected chi connectivity index (χ1v) is 15.5. The Hall–Kier alpha value is -1.12. The van der Waals surface area contributed by atoms with Crippen LogP contribution in [-0.2, 0) is 10.8 Å². The fourth-order valence-corrected chi connectivity index (χ4v) is 4.49. The van der Waals surface area contributed by atoms with Crippen molar-refractivity contribution in [3.63, 3.8) is 0 Å². The highest BCUT2D eigenvalue weighted by molar-refractivity contribution is 6.74. The van der Waals surface area contributed by atoms with Crippen molar-refractivity contribution in [2.75, 3.05) is 6.61 Å². The monoisotopic (exact) mass is 442 g/mol. The zero-order valence-electron chi connectivity index (χ0n) is 21.7. The van der Waals surface area contributed by atoms with Crippen LogP contribution in [0.25, 0.3) is 0 Å². The molecule has 0 unspecified atom stereocenters. The van der Waals surface area contributed by atoms with Gasteiger partial charge >= 0.3 is 0 Å². The Bertz CT molecular complexity index is 649. The third kappa shape index (κ3) is 13.1. The Morgan fingerprint density at radius 3 is 1.97 bits per heavy atom. The van der Waals surface area contributed by atoms with Gasteiger partial charge in [-0.05, 0) is 63.2 Å². The lowest BCUT2D eigenvalue weighted by molar-refractivity contribution is 0.327. The summed E-state index contributed by atoms with van der Waals surface area (Å²) in [5.41, 5.74) is 4.33. The lowest BCUT2D eigenvalue weighted by Gasteiger charge is -2.35. The first-order chi connectivity index (χ1) is 14.6. The van der Waals surface area contributed by atoms with E-state index < -0.39 is 8.32 Å². The van der Waals surface area contributed by atoms with Crippen molar-refractivity contribution in [2.24, 2.45) is 0 Å². The smallest absolute Gasteiger partial charge is 0.192 e. The standard InChI is InChI=1S/C29H50OSi/c1-26(25-27(2)23-24-30-31(6,7)29(3,4)5)19-15-12-10-8-9-11-13-16-20-28-21-17-14-18-22-28/h14,17-18,21-23,25H,8-13,15-16,19-20,24H2,1-7H3/b26-25+,27-23+. The van der Waals surface area contributed by atoms with Crippen LogP contribution in [0.5, 0.6) is 0 Å². The summed E-state index contributed by atoms with van der Waals surface area (Å²) >= 11 is 0. The Labute approximate surface area is 195 Å². The van der Waals surface area contributed by atoms with Crippen LogP contribution in [0.2, 0.25) is 18.1 Å². The predicted molar refractivity (Wildman–Crippen MR) is 142 cm³/mol. The van der Waals surface area contributed by atoms with E-state index in [0.29, 0.717) is 0 Å². The highest BCUT2D eigenvalue weighted by Crippen LogP contribution is 2.36. The second kappa shape index (κ2) is 14.8. The minimum atomic E-state index is -1.64. The molecular formula is C29H50OSi. The van der Waals surface area contributed by atoms with Gasteiger partial charge in [-0.25, -0.2) is 0 Å². The van der Waals surface area contributed by atoms with Gasteiger partial charge in [0.25, 0.3) is 0 Å². The average molecular weight is 443 g/mol. The van der Waals surface area contributed by atoms with E-state index in [2.05, 4.69) is 90.2 Å². The van der Waals surface area contributed by atoms with E-state index in [0.717, 1.165) is 6.61 Å². The van der Waals surface area contributed by atoms with Crippen molar-refractivity contribution in [1.29, 1.82) is 0 Å². The van der Waals surface area contributed by atoms with Gasteiger partial charge in [-0.1, -0.05) is 113 Å². The molecule has 1 rings (SSSR count). The van der Waals surface area contributed by atoms with E-state index >= 15 is 0 Å². The molecule has 1 aromatic carbocycles. The topological polar surface area (TPSA) is 9.23 Å². The Balaban J connectivity index is 2.06. The molecule has 0 fully saturated rings. The van der Waals surface area contributed by atoms with E-state index in [1.807, 2.05) is 0 Å². The van der Waals surface area contributed by atoms with Gasteiger partial charge in [-0.3, -0.25) is 0 Å². The third-order valence-corrected chi connectivity index (χ3v) is 11.3. The van der Waals surface area contributed by atoms with Gasteiger partial charge in [0.05, 0.1) is 6.61 Å². The number of hydrogen-bond acceptors (Lipinski definition) is 1. The number of allylic oxidation sites excluding steroid dienone is 3. The minimum absolute atomic E-state index is 0.280. The van der Waals surface area contributed by atoms with Crippen molar-refractivity contribution < 1.29 is 4.43 Å². The van der Waals surface area contributed by atoms with Crippen LogP contribution in [-0.4, -0.2) is 14.9 Å². The molecule has 0 spiro atoms. The van der Waals surface area contributed by atoms with Gasteiger partial charge in [-0.2, -0.15) is 0 Å². The van der Waals surface area contributed by atoms with Gasteiger partial charge < -0.3 is 4.43 Å². The van der Waals surface area contributed by atoms with Crippen molar-refractivity contribution in [3.8, 4) is 0 Å². The molecule has 0 heterocycles. The van der Waals surface area contributed by atoms with Crippen molar-refractivity contribution in [2.45, 2.75) is 117 Å². The second-order valence-electron chi connectivity index (χ2n) is 10.8. The molecule has 1 aromatic rings. The Kier molecular flexibility index (Phi) is 13.4. The molecule has 0 bridgehead atoms. The van der Waals surface area contributed by atoms with Crippen molar-refractivity contribution in [3.05, 3.63) is 59.2 Å². The number of rotatable bonds is 15. The van der Waals surface area contributed by atoms with Crippen molar-refractivity contribution >= 4 is 8.32 Å². The highest BCUT2D eigenvalue weighted by atomic mass is 28.4. The second-order valence-corrected chi connectivity index (χ2v) is 15.6. The number of benzene rings is 1. The number of hydrogen-bond donors (Lipinski definition) is 0. The van der Waals surface area contributed by atoms with Gasteiger partial charge in [-0.15, -0.1) is 0 Å². The fourth-order valence-electron chi connectivity index (χ4n) is 3.56. The largest absolute Gasteiger partial charge is 0.413 e. The van der Waals surface area contributed by atoms with Gasteiger partial charge in [0.2, 0.25) is 0 Å². The maximum Gasteiger partial charge on any atom is 0.192 e. The molecule has 0 saturated heterocycles. The van der Waals surface area contributed by atoms with Gasteiger partial charge in [0, 0.05) is 0 Å². The first kappa shape index (κ1) is 27.9. The van der Waals surface area contributed by atoms with E-state index in [-0.39, 0.29) is 5.04 Å². The molecule has 0 aliphatic carbocycles. The number of unbranched alkanes of at least 4 members (excludes halogenated alkanes) is 7. The molecule has 0 aromatic heterocycles. The van der Waals surface area contributed by atoms with E-state index in [9.17, 15) is 0 Å². The molecule has 0 aliphatic rings. The molecular weight excluding hydrogens is 392 g/mol. The summed E-state index contributed by atoms with van der Waals surface area (Å²) < 4.78 is 6.26. The van der Waals surface area contributed by atoms with Crippen molar-refractivity contribution in [1.82, 2.24) is 0 Å². The molecule has 0 N–H and O–H groups in total. The summed E-state index contributed by atoms with van der Waals surface area (Å²) in [5.74, 6) is 0. The minimum Gasteiger partial charge on any atom is -0.413 e. The summed E-state index contributed by atoms with van der Waals surface area (Å²) in [6.07, 6.45) is 18.1. The van der Waals surface area contributed by atoms with E-state index in [1.54, 1.807) is 0 Å². The molecule has 0 saturated carbocycles. The van der Waals surface area contributed by atoms with Crippen LogP contribution < -0.4 is 0 Å². The zero-order chi connectivity index (χ0) is 23.2. The maximum absolute atomic E-state index is 6.26. The fraction of sp³-hybridized carbons (Fsp3) is 0.655. The normalized spacial score (nSPS) is 13.6. The summed E-state index contributed by atoms with van der Waals surface area (Å²) in [7, 11) is -1.64. The summed E-state index contributed by atoms with van der Waals surface area (Å²) in [6, 6.07) is 10.9. The van der Waals surface area contributed by atoms with Gasteiger partial charge in [0.15, 0.2) is 8.32 Å². The molecule has 0 aliphatic heterocycles. The quantitative estimate of drug-likeness (QED) is 0.149. The lowest BCUT2D eigenvalue weighted by atomic mass is 10.0. The van der Waals surface area contributed by atoms with E-state index in [4.69, 9.17) is 4.43 Å². The first-order valence-electron chi connectivity index (χ1n) is 12.6. The van der Waals surface area contributed by atoms with Crippen LogP contribution in [0.3, 0.4) is 0 Å².